The molecule has 0 fully saturated rings. The quantitative estimate of drug-likeness (QED) is 0.664. The Morgan fingerprint density at radius 1 is 1.00 bits per heavy atom. The lowest BCUT2D eigenvalue weighted by atomic mass is 10.3. The van der Waals surface area contributed by atoms with Crippen molar-refractivity contribution in [1.82, 2.24) is 14.5 Å². The van der Waals surface area contributed by atoms with Crippen molar-refractivity contribution in [3.05, 3.63) is 59.7 Å². The van der Waals surface area contributed by atoms with Gasteiger partial charge in [-0.25, -0.2) is 19.6 Å². The van der Waals surface area contributed by atoms with Crippen LogP contribution in [0.3, 0.4) is 0 Å². The zero-order valence-corrected chi connectivity index (χ0v) is 13.9. The van der Waals surface area contributed by atoms with Crippen LogP contribution >= 0.6 is 0 Å². The molecule has 2 heterocycles. The van der Waals surface area contributed by atoms with E-state index in [2.05, 4.69) is 14.7 Å². The maximum absolute atomic E-state index is 12.1. The van der Waals surface area contributed by atoms with E-state index in [1.54, 1.807) is 6.07 Å². The molecule has 3 aromatic rings. The van der Waals surface area contributed by atoms with E-state index in [0.29, 0.717) is 6.54 Å². The Morgan fingerprint density at radius 2 is 1.72 bits per heavy atom. The van der Waals surface area contributed by atoms with Gasteiger partial charge in [-0.2, -0.15) is 0 Å². The Bertz CT molecular complexity index is 933. The molecular weight excluding hydrogens is 322 g/mol. The van der Waals surface area contributed by atoms with Crippen LogP contribution in [0.5, 0.6) is 0 Å². The fraction of sp³-hybridized carbons (Fsp3) is 0.222. The van der Waals surface area contributed by atoms with Crippen LogP contribution in [0.25, 0.3) is 11.0 Å². The number of carbonyl (C=O) groups excluding carboxylic acids is 2. The molecule has 0 amide bonds. The van der Waals surface area contributed by atoms with Crippen molar-refractivity contribution in [2.45, 2.75) is 13.5 Å². The maximum Gasteiger partial charge on any atom is 0.357 e. The number of ether oxygens (including phenoxy) is 2. The molecule has 3 rings (SSSR count). The molecule has 0 N–H and O–H groups in total. The lowest BCUT2D eigenvalue weighted by Gasteiger charge is -2.08. The predicted molar refractivity (Wildman–Crippen MR) is 90.3 cm³/mol. The number of para-hydroxylation sites is 2. The van der Waals surface area contributed by atoms with E-state index in [9.17, 15) is 9.59 Å². The third-order valence-corrected chi connectivity index (χ3v) is 3.75. The van der Waals surface area contributed by atoms with Crippen molar-refractivity contribution >= 4 is 23.0 Å². The smallest absolute Gasteiger partial charge is 0.357 e. The first-order chi connectivity index (χ1) is 12.1. The first-order valence-electron chi connectivity index (χ1n) is 7.74. The van der Waals surface area contributed by atoms with Crippen molar-refractivity contribution in [2.75, 3.05) is 13.7 Å². The van der Waals surface area contributed by atoms with Gasteiger partial charge in [0.25, 0.3) is 0 Å². The molecule has 128 valence electrons. The lowest BCUT2D eigenvalue weighted by molar-refractivity contribution is 0.0484. The summed E-state index contributed by atoms with van der Waals surface area (Å²) in [6, 6.07) is 12.3. The van der Waals surface area contributed by atoms with Crippen LogP contribution in [-0.2, 0) is 16.0 Å². The normalized spacial score (nSPS) is 10.6. The van der Waals surface area contributed by atoms with Crippen LogP contribution in [-0.4, -0.2) is 40.2 Å². The molecule has 0 radical (unpaired) electrons. The monoisotopic (exact) mass is 339 g/mol. The van der Waals surface area contributed by atoms with Gasteiger partial charge in [-0.05, 0) is 31.2 Å². The van der Waals surface area contributed by atoms with Crippen LogP contribution < -0.4 is 0 Å². The second-order valence-electron chi connectivity index (χ2n) is 5.33. The molecule has 0 saturated heterocycles. The van der Waals surface area contributed by atoms with E-state index < -0.39 is 11.9 Å². The summed E-state index contributed by atoms with van der Waals surface area (Å²) in [5.41, 5.74) is 2.02. The van der Waals surface area contributed by atoms with E-state index >= 15 is 0 Å². The van der Waals surface area contributed by atoms with Crippen molar-refractivity contribution in [3.63, 3.8) is 0 Å². The highest BCUT2D eigenvalue weighted by atomic mass is 16.5. The van der Waals surface area contributed by atoms with Gasteiger partial charge in [0.2, 0.25) is 0 Å². The van der Waals surface area contributed by atoms with Crippen LogP contribution in [0.4, 0.5) is 0 Å². The standard InChI is InChI=1S/C18H17N3O4/c1-12-19-13-6-3-4-9-16(13)21(12)10-11-25-18(23)15-8-5-7-14(20-15)17(22)24-2/h3-9H,10-11H2,1-2H3. The summed E-state index contributed by atoms with van der Waals surface area (Å²) in [5, 5.41) is 0. The highest BCUT2D eigenvalue weighted by Gasteiger charge is 2.14. The second-order valence-corrected chi connectivity index (χ2v) is 5.33. The summed E-state index contributed by atoms with van der Waals surface area (Å²) in [4.78, 5) is 32.0. The summed E-state index contributed by atoms with van der Waals surface area (Å²) < 4.78 is 11.8. The Hall–Kier alpha value is -3.22. The fourth-order valence-electron chi connectivity index (χ4n) is 2.55. The molecule has 0 aliphatic rings. The average Bonchev–Trinajstić information content (AvgIpc) is 2.96. The van der Waals surface area contributed by atoms with Gasteiger partial charge in [0, 0.05) is 0 Å². The largest absolute Gasteiger partial charge is 0.464 e. The summed E-state index contributed by atoms with van der Waals surface area (Å²) in [6.07, 6.45) is 0. The lowest BCUT2D eigenvalue weighted by Crippen LogP contribution is -2.15. The van der Waals surface area contributed by atoms with E-state index in [0.717, 1.165) is 16.9 Å². The number of carbonyl (C=O) groups is 2. The summed E-state index contributed by atoms with van der Waals surface area (Å²) in [7, 11) is 1.26. The van der Waals surface area contributed by atoms with Crippen LogP contribution in [0.2, 0.25) is 0 Å². The van der Waals surface area contributed by atoms with Crippen LogP contribution in [0, 0.1) is 6.92 Å². The van der Waals surface area contributed by atoms with Gasteiger partial charge >= 0.3 is 11.9 Å². The summed E-state index contributed by atoms with van der Waals surface area (Å²) in [5.74, 6) is -0.342. The predicted octanol–water partition coefficient (Wildman–Crippen LogP) is 2.38. The van der Waals surface area contributed by atoms with Gasteiger partial charge in [0.15, 0.2) is 0 Å². The van der Waals surface area contributed by atoms with Crippen molar-refractivity contribution in [1.29, 1.82) is 0 Å². The number of benzene rings is 1. The molecule has 0 saturated carbocycles. The van der Waals surface area contributed by atoms with E-state index in [4.69, 9.17) is 4.74 Å². The van der Waals surface area contributed by atoms with Gasteiger partial charge in [0.1, 0.15) is 23.8 Å². The van der Waals surface area contributed by atoms with Gasteiger partial charge in [-0.3, -0.25) is 0 Å². The minimum atomic E-state index is -0.602. The molecule has 25 heavy (non-hydrogen) atoms. The molecular formula is C18H17N3O4. The van der Waals surface area contributed by atoms with Gasteiger partial charge in [0.05, 0.1) is 24.7 Å². The number of rotatable bonds is 5. The van der Waals surface area contributed by atoms with Gasteiger partial charge < -0.3 is 14.0 Å². The molecule has 2 aromatic heterocycles. The zero-order valence-electron chi connectivity index (χ0n) is 13.9. The van der Waals surface area contributed by atoms with E-state index in [1.165, 1.54) is 19.2 Å². The fourth-order valence-corrected chi connectivity index (χ4v) is 2.55. The van der Waals surface area contributed by atoms with Crippen molar-refractivity contribution in [2.24, 2.45) is 0 Å². The number of esters is 2. The molecule has 0 spiro atoms. The molecule has 0 bridgehead atoms. The highest BCUT2D eigenvalue weighted by molar-refractivity contribution is 5.91. The summed E-state index contributed by atoms with van der Waals surface area (Å²) >= 11 is 0. The molecule has 7 heteroatoms. The third kappa shape index (κ3) is 3.50. The number of aryl methyl sites for hydroxylation is 1. The van der Waals surface area contributed by atoms with E-state index in [-0.39, 0.29) is 18.0 Å². The highest BCUT2D eigenvalue weighted by Crippen LogP contribution is 2.15. The number of methoxy groups -OCH3 is 1. The zero-order chi connectivity index (χ0) is 17.8. The molecule has 0 unspecified atom stereocenters. The Labute approximate surface area is 144 Å². The Kier molecular flexibility index (Phi) is 4.74. The van der Waals surface area contributed by atoms with Crippen molar-refractivity contribution in [3.8, 4) is 0 Å². The topological polar surface area (TPSA) is 83.3 Å². The van der Waals surface area contributed by atoms with Crippen molar-refractivity contribution < 1.29 is 19.1 Å². The average molecular weight is 339 g/mol. The first kappa shape index (κ1) is 16.6. The number of nitrogens with zero attached hydrogens (tertiary/aromatic N) is 3. The molecule has 1 aromatic carbocycles. The van der Waals surface area contributed by atoms with Gasteiger partial charge in [-0.15, -0.1) is 0 Å². The van der Waals surface area contributed by atoms with E-state index in [1.807, 2.05) is 35.8 Å². The Balaban J connectivity index is 1.66. The first-order valence-corrected chi connectivity index (χ1v) is 7.74. The summed E-state index contributed by atoms with van der Waals surface area (Å²) in [6.45, 7) is 2.56. The number of hydrogen-bond acceptors (Lipinski definition) is 6. The number of imidazole rings is 1. The number of hydrogen-bond donors (Lipinski definition) is 0. The van der Waals surface area contributed by atoms with Gasteiger partial charge in [-0.1, -0.05) is 18.2 Å². The minimum absolute atomic E-state index is 0.0633. The Morgan fingerprint density at radius 3 is 2.48 bits per heavy atom. The van der Waals surface area contributed by atoms with Crippen LogP contribution in [0.15, 0.2) is 42.5 Å². The number of pyridine rings is 1. The molecule has 0 atom stereocenters. The van der Waals surface area contributed by atoms with Crippen LogP contribution in [0.1, 0.15) is 26.8 Å². The molecule has 0 aliphatic carbocycles. The maximum atomic E-state index is 12.1. The minimum Gasteiger partial charge on any atom is -0.464 e. The second kappa shape index (κ2) is 7.12. The molecule has 0 aliphatic heterocycles. The number of aromatic nitrogens is 3. The molecule has 7 nitrogen and oxygen atoms in total. The SMILES string of the molecule is COC(=O)c1cccc(C(=O)OCCn2c(C)nc3ccccc32)n1. The number of fused-ring (bicyclic) bond motifs is 1. The third-order valence-electron chi connectivity index (χ3n) is 3.75.